The Hall–Kier alpha value is -3.49. The minimum atomic E-state index is -0.127. The summed E-state index contributed by atoms with van der Waals surface area (Å²) in [6, 6.07) is 12.1. The van der Waals surface area contributed by atoms with Crippen LogP contribution >= 0.6 is 0 Å². The highest BCUT2D eigenvalue weighted by molar-refractivity contribution is 5.96. The zero-order valence-electron chi connectivity index (χ0n) is 19.1. The molecule has 1 amide bonds. The third-order valence-corrected chi connectivity index (χ3v) is 6.88. The number of carbonyl (C=O) groups is 1. The second-order valence-corrected chi connectivity index (χ2v) is 9.15. The minimum absolute atomic E-state index is 0.00493. The Labute approximate surface area is 197 Å². The standard InChI is InChI=1S/C26H28N6O2/c1-15-17(5-2-6-18(15)32-25(33)21-8-4-12-28-21)26-29-14-23(34-26)16-9-10-19-22(13-16)31-24(30-19)20-7-3-11-27-20/h2,5-6,9-10,13-14,20-21,27-28H,3-4,7-8,11-12H2,1H3,(H,30,31)(H,32,33)/t20-,21-/m0/s1. The van der Waals surface area contributed by atoms with E-state index in [1.54, 1.807) is 6.20 Å². The van der Waals surface area contributed by atoms with Crippen molar-refractivity contribution in [2.24, 2.45) is 0 Å². The topological polar surface area (TPSA) is 108 Å². The minimum Gasteiger partial charge on any atom is -0.436 e. The van der Waals surface area contributed by atoms with E-state index in [0.717, 1.165) is 71.6 Å². The summed E-state index contributed by atoms with van der Waals surface area (Å²) >= 11 is 0. The van der Waals surface area contributed by atoms with Crippen LogP contribution in [0, 0.1) is 6.92 Å². The maximum Gasteiger partial charge on any atom is 0.241 e. The Balaban J connectivity index is 1.26. The number of nitrogens with one attached hydrogen (secondary N) is 4. The lowest BCUT2D eigenvalue weighted by molar-refractivity contribution is -0.117. The second kappa shape index (κ2) is 8.70. The molecule has 0 spiro atoms. The molecule has 4 N–H and O–H groups in total. The van der Waals surface area contributed by atoms with E-state index in [9.17, 15) is 4.79 Å². The Kier molecular flexibility index (Phi) is 5.39. The lowest BCUT2D eigenvalue weighted by Gasteiger charge is -2.14. The number of anilines is 1. The van der Waals surface area contributed by atoms with Gasteiger partial charge >= 0.3 is 0 Å². The van der Waals surface area contributed by atoms with Crippen LogP contribution in [0.4, 0.5) is 5.69 Å². The average Bonchev–Trinajstić information content (AvgIpc) is 3.66. The van der Waals surface area contributed by atoms with Gasteiger partial charge in [-0.3, -0.25) is 4.79 Å². The molecule has 6 rings (SSSR count). The highest BCUT2D eigenvalue weighted by Crippen LogP contribution is 2.32. The molecule has 34 heavy (non-hydrogen) atoms. The molecule has 2 aromatic heterocycles. The molecule has 2 aliphatic rings. The maximum atomic E-state index is 12.6. The lowest BCUT2D eigenvalue weighted by atomic mass is 10.1. The summed E-state index contributed by atoms with van der Waals surface area (Å²) in [6.45, 7) is 3.90. The first-order chi connectivity index (χ1) is 16.7. The van der Waals surface area contributed by atoms with Gasteiger partial charge in [0.15, 0.2) is 5.76 Å². The Morgan fingerprint density at radius 2 is 2.00 bits per heavy atom. The number of hydrogen-bond acceptors (Lipinski definition) is 6. The predicted octanol–water partition coefficient (Wildman–Crippen LogP) is 4.31. The number of hydrogen-bond donors (Lipinski definition) is 4. The van der Waals surface area contributed by atoms with Gasteiger partial charge in [-0.15, -0.1) is 0 Å². The first-order valence-electron chi connectivity index (χ1n) is 12.0. The smallest absolute Gasteiger partial charge is 0.241 e. The fourth-order valence-electron chi connectivity index (χ4n) is 4.92. The molecule has 2 atom stereocenters. The van der Waals surface area contributed by atoms with Crippen LogP contribution in [-0.4, -0.2) is 40.0 Å². The normalized spacial score (nSPS) is 20.3. The van der Waals surface area contributed by atoms with Gasteiger partial charge in [-0.25, -0.2) is 9.97 Å². The van der Waals surface area contributed by atoms with E-state index >= 15 is 0 Å². The predicted molar refractivity (Wildman–Crippen MR) is 131 cm³/mol. The zero-order valence-corrected chi connectivity index (χ0v) is 19.1. The van der Waals surface area contributed by atoms with E-state index in [1.165, 1.54) is 6.42 Å². The van der Waals surface area contributed by atoms with Gasteiger partial charge in [0, 0.05) is 16.8 Å². The van der Waals surface area contributed by atoms with Crippen LogP contribution in [0.3, 0.4) is 0 Å². The van der Waals surface area contributed by atoms with Gasteiger partial charge in [-0.05, 0) is 81.6 Å². The van der Waals surface area contributed by atoms with Gasteiger partial charge in [0.2, 0.25) is 11.8 Å². The summed E-state index contributed by atoms with van der Waals surface area (Å²) in [4.78, 5) is 25.4. The van der Waals surface area contributed by atoms with Crippen molar-refractivity contribution in [1.29, 1.82) is 0 Å². The van der Waals surface area contributed by atoms with Crippen LogP contribution in [0.2, 0.25) is 0 Å². The third-order valence-electron chi connectivity index (χ3n) is 6.88. The van der Waals surface area contributed by atoms with Crippen LogP contribution < -0.4 is 16.0 Å². The fourth-order valence-corrected chi connectivity index (χ4v) is 4.92. The van der Waals surface area contributed by atoms with E-state index in [1.807, 2.05) is 43.3 Å². The van der Waals surface area contributed by atoms with Crippen molar-refractivity contribution in [2.75, 3.05) is 18.4 Å². The molecule has 2 aromatic carbocycles. The number of aromatic amines is 1. The van der Waals surface area contributed by atoms with E-state index in [0.29, 0.717) is 17.7 Å². The summed E-state index contributed by atoms with van der Waals surface area (Å²) < 4.78 is 6.17. The molecule has 0 bridgehead atoms. The van der Waals surface area contributed by atoms with Crippen molar-refractivity contribution in [3.8, 4) is 22.8 Å². The number of aromatic nitrogens is 3. The number of oxazole rings is 1. The highest BCUT2D eigenvalue weighted by Gasteiger charge is 2.23. The molecule has 2 fully saturated rings. The number of benzene rings is 2. The number of fused-ring (bicyclic) bond motifs is 1. The molecule has 8 nitrogen and oxygen atoms in total. The first kappa shape index (κ1) is 21.1. The second-order valence-electron chi connectivity index (χ2n) is 9.15. The molecular formula is C26H28N6O2. The van der Waals surface area contributed by atoms with E-state index < -0.39 is 0 Å². The third kappa shape index (κ3) is 3.89. The quantitative estimate of drug-likeness (QED) is 0.356. The molecule has 2 saturated heterocycles. The van der Waals surface area contributed by atoms with Gasteiger partial charge in [-0.2, -0.15) is 0 Å². The van der Waals surface area contributed by atoms with Crippen molar-refractivity contribution in [2.45, 2.75) is 44.7 Å². The average molecular weight is 457 g/mol. The molecule has 0 aliphatic carbocycles. The van der Waals surface area contributed by atoms with Gasteiger partial charge < -0.3 is 25.4 Å². The molecule has 4 heterocycles. The number of rotatable bonds is 5. The van der Waals surface area contributed by atoms with Gasteiger partial charge in [0.05, 0.1) is 29.3 Å². The van der Waals surface area contributed by atoms with E-state index in [-0.39, 0.29) is 11.9 Å². The number of carbonyl (C=O) groups excluding carboxylic acids is 1. The largest absolute Gasteiger partial charge is 0.436 e. The maximum absolute atomic E-state index is 12.6. The van der Waals surface area contributed by atoms with Gasteiger partial charge in [0.1, 0.15) is 5.82 Å². The monoisotopic (exact) mass is 456 g/mol. The highest BCUT2D eigenvalue weighted by atomic mass is 16.4. The number of amides is 1. The summed E-state index contributed by atoms with van der Waals surface area (Å²) in [5, 5.41) is 9.79. The van der Waals surface area contributed by atoms with Crippen molar-refractivity contribution in [1.82, 2.24) is 25.6 Å². The molecule has 0 saturated carbocycles. The van der Waals surface area contributed by atoms with Gasteiger partial charge in [0.25, 0.3) is 0 Å². The Morgan fingerprint density at radius 3 is 2.82 bits per heavy atom. The van der Waals surface area contributed by atoms with Crippen molar-refractivity contribution in [3.05, 3.63) is 54.0 Å². The zero-order chi connectivity index (χ0) is 23.1. The molecule has 8 heteroatoms. The first-order valence-corrected chi connectivity index (χ1v) is 12.0. The number of nitrogens with zero attached hydrogens (tertiary/aromatic N) is 2. The summed E-state index contributed by atoms with van der Waals surface area (Å²) in [6.07, 6.45) is 5.92. The van der Waals surface area contributed by atoms with Crippen molar-refractivity contribution >= 4 is 22.6 Å². The van der Waals surface area contributed by atoms with Crippen LogP contribution in [0.5, 0.6) is 0 Å². The SMILES string of the molecule is Cc1c(NC(=O)[C@@H]2CCCN2)cccc1-c1ncc(-c2ccc3[nH]c([C@@H]4CCCN4)nc3c2)o1. The summed E-state index contributed by atoms with van der Waals surface area (Å²) in [7, 11) is 0. The molecule has 4 aromatic rings. The molecular weight excluding hydrogens is 428 g/mol. The molecule has 0 unspecified atom stereocenters. The number of H-pyrrole nitrogens is 1. The lowest BCUT2D eigenvalue weighted by Crippen LogP contribution is -2.35. The van der Waals surface area contributed by atoms with Crippen molar-refractivity contribution < 1.29 is 9.21 Å². The number of imidazole rings is 1. The van der Waals surface area contributed by atoms with Crippen LogP contribution in [-0.2, 0) is 4.79 Å². The van der Waals surface area contributed by atoms with Crippen LogP contribution in [0.1, 0.15) is 43.1 Å². The summed E-state index contributed by atoms with van der Waals surface area (Å²) in [5.41, 5.74) is 5.43. The molecule has 2 aliphatic heterocycles. The van der Waals surface area contributed by atoms with E-state index in [4.69, 9.17) is 9.40 Å². The Morgan fingerprint density at radius 1 is 1.12 bits per heavy atom. The Bertz CT molecular complexity index is 1340. The molecule has 0 radical (unpaired) electrons. The van der Waals surface area contributed by atoms with Crippen molar-refractivity contribution in [3.63, 3.8) is 0 Å². The van der Waals surface area contributed by atoms with Crippen LogP contribution in [0.15, 0.2) is 47.0 Å². The van der Waals surface area contributed by atoms with E-state index in [2.05, 4.69) is 25.9 Å². The summed E-state index contributed by atoms with van der Waals surface area (Å²) in [5.74, 6) is 2.21. The fraction of sp³-hybridized carbons (Fsp3) is 0.346. The molecule has 174 valence electrons. The van der Waals surface area contributed by atoms with Gasteiger partial charge in [-0.1, -0.05) is 6.07 Å². The van der Waals surface area contributed by atoms with Crippen LogP contribution in [0.25, 0.3) is 33.8 Å².